The summed E-state index contributed by atoms with van der Waals surface area (Å²) in [5.74, 6) is 0. The molecule has 0 bridgehead atoms. The van der Waals surface area contributed by atoms with E-state index in [4.69, 9.17) is 23.2 Å². The maximum atomic E-state index is 5.52. The first-order valence-electron chi connectivity index (χ1n) is 4.94. The average Bonchev–Trinajstić information content (AvgIpc) is 2.02. The minimum absolute atomic E-state index is 0.531. The van der Waals surface area contributed by atoms with Crippen molar-refractivity contribution < 1.29 is 0 Å². The Morgan fingerprint density at radius 3 is 1.83 bits per heavy atom. The van der Waals surface area contributed by atoms with Crippen molar-refractivity contribution in [1.82, 2.24) is 0 Å². The molecule has 0 atom stereocenters. The van der Waals surface area contributed by atoms with Crippen molar-refractivity contribution in [2.24, 2.45) is 0 Å². The second-order valence-corrected chi connectivity index (χ2v) is 4.32. The van der Waals surface area contributed by atoms with Crippen LogP contribution in [0.5, 0.6) is 0 Å². The molecule has 12 heavy (non-hydrogen) atoms. The third-order valence-electron chi connectivity index (χ3n) is 1.97. The van der Waals surface area contributed by atoms with E-state index in [9.17, 15) is 0 Å². The summed E-state index contributed by atoms with van der Waals surface area (Å²) in [7, 11) is 0. The number of rotatable bonds is 8. The molecule has 1 radical (unpaired) electrons. The smallest absolute Gasteiger partial charge is 0.0983 e. The van der Waals surface area contributed by atoms with Crippen molar-refractivity contribution in [3.63, 3.8) is 0 Å². The molecule has 0 amide bonds. The van der Waals surface area contributed by atoms with Gasteiger partial charge in [-0.05, 0) is 6.42 Å². The number of halogens is 2. The van der Waals surface area contributed by atoms with E-state index in [2.05, 4.69) is 6.92 Å². The first kappa shape index (κ1) is 12.6. The fourth-order valence-corrected chi connectivity index (χ4v) is 1.48. The fourth-order valence-electron chi connectivity index (χ4n) is 1.22. The third kappa shape index (κ3) is 10.6. The topological polar surface area (TPSA) is 0 Å². The zero-order valence-electron chi connectivity index (χ0n) is 7.91. The van der Waals surface area contributed by atoms with Crippen LogP contribution in [0.2, 0.25) is 0 Å². The van der Waals surface area contributed by atoms with Crippen LogP contribution in [0.15, 0.2) is 0 Å². The Morgan fingerprint density at radius 1 is 0.833 bits per heavy atom. The highest BCUT2D eigenvalue weighted by molar-refractivity contribution is 6.52. The molecule has 0 unspecified atom stereocenters. The van der Waals surface area contributed by atoms with Crippen LogP contribution in [0.3, 0.4) is 0 Å². The van der Waals surface area contributed by atoms with Crippen molar-refractivity contribution in [3.8, 4) is 0 Å². The predicted molar refractivity (Wildman–Crippen MR) is 57.6 cm³/mol. The van der Waals surface area contributed by atoms with Crippen LogP contribution in [0.4, 0.5) is 0 Å². The lowest BCUT2D eigenvalue weighted by Gasteiger charge is -2.00. The van der Waals surface area contributed by atoms with Gasteiger partial charge in [0, 0.05) is 0 Å². The summed E-state index contributed by atoms with van der Waals surface area (Å²) in [5.41, 5.74) is 0. The predicted octanol–water partition coefficient (Wildman–Crippen LogP) is 5.09. The van der Waals surface area contributed by atoms with Crippen LogP contribution in [0.25, 0.3) is 0 Å². The lowest BCUT2D eigenvalue weighted by atomic mass is 10.1. The highest BCUT2D eigenvalue weighted by Crippen LogP contribution is 2.20. The van der Waals surface area contributed by atoms with Gasteiger partial charge in [0.2, 0.25) is 0 Å². The lowest BCUT2D eigenvalue weighted by molar-refractivity contribution is 0.589. The summed E-state index contributed by atoms with van der Waals surface area (Å²) >= 11 is 11.0. The molecule has 0 aromatic carbocycles. The molecule has 0 nitrogen and oxygen atoms in total. The molecule has 0 saturated carbocycles. The Kier molecular flexibility index (Phi) is 10.1. The Morgan fingerprint density at radius 2 is 1.33 bits per heavy atom. The van der Waals surface area contributed by atoms with Crippen LogP contribution < -0.4 is 0 Å². The van der Waals surface area contributed by atoms with Crippen molar-refractivity contribution in [2.75, 3.05) is 0 Å². The molecule has 0 aromatic rings. The van der Waals surface area contributed by atoms with E-state index in [-0.39, 0.29) is 0 Å². The fraction of sp³-hybridized carbons (Fsp3) is 0.900. The number of unbranched alkanes of at least 4 members (excludes halogenated alkanes) is 6. The summed E-state index contributed by atoms with van der Waals surface area (Å²) in [6.07, 6.45) is 10.1. The lowest BCUT2D eigenvalue weighted by Crippen LogP contribution is -1.81. The second kappa shape index (κ2) is 9.67. The summed E-state index contributed by atoms with van der Waals surface area (Å²) < 4.78 is 0. The van der Waals surface area contributed by atoms with E-state index in [0.29, 0.717) is 4.84 Å². The van der Waals surface area contributed by atoms with E-state index < -0.39 is 0 Å². The molecule has 0 fully saturated rings. The maximum Gasteiger partial charge on any atom is 0.151 e. The molecule has 2 heteroatoms. The molecule has 0 aromatic heterocycles. The van der Waals surface area contributed by atoms with Crippen molar-refractivity contribution in [2.45, 2.75) is 58.3 Å². The molecule has 0 rings (SSSR count). The maximum absolute atomic E-state index is 5.52. The Balaban J connectivity index is 2.82. The van der Waals surface area contributed by atoms with Gasteiger partial charge in [-0.2, -0.15) is 0 Å². The second-order valence-electron chi connectivity index (χ2n) is 3.21. The SMILES string of the molecule is CCCCCCCCC[C](Cl)Cl. The molecule has 0 spiro atoms. The van der Waals surface area contributed by atoms with Gasteiger partial charge in [-0.1, -0.05) is 75.1 Å². The van der Waals surface area contributed by atoms with Gasteiger partial charge in [0.25, 0.3) is 0 Å². The number of hydrogen-bond acceptors (Lipinski definition) is 0. The quantitative estimate of drug-likeness (QED) is 0.489. The third-order valence-corrected chi connectivity index (χ3v) is 2.35. The molecule has 0 heterocycles. The van der Waals surface area contributed by atoms with Crippen molar-refractivity contribution in [3.05, 3.63) is 4.84 Å². The first-order chi connectivity index (χ1) is 5.77. The van der Waals surface area contributed by atoms with Crippen molar-refractivity contribution >= 4 is 23.2 Å². The van der Waals surface area contributed by atoms with E-state index in [1.165, 1.54) is 38.5 Å². The first-order valence-corrected chi connectivity index (χ1v) is 5.69. The van der Waals surface area contributed by atoms with Gasteiger partial charge in [0.1, 0.15) is 0 Å². The van der Waals surface area contributed by atoms with E-state index in [0.717, 1.165) is 12.8 Å². The molecular formula is C10H19Cl2. The molecular weight excluding hydrogens is 191 g/mol. The Bertz CT molecular complexity index is 81.9. The standard InChI is InChI=1S/C10H19Cl2/c1-2-3-4-5-6-7-8-9-10(11)12/h2-9H2,1H3. The largest absolute Gasteiger partial charge is 0.151 e. The molecule has 0 aliphatic carbocycles. The molecule has 0 aliphatic rings. The Labute approximate surface area is 86.6 Å². The van der Waals surface area contributed by atoms with Crippen LogP contribution in [-0.4, -0.2) is 0 Å². The average molecular weight is 210 g/mol. The van der Waals surface area contributed by atoms with Crippen LogP contribution in [-0.2, 0) is 0 Å². The van der Waals surface area contributed by atoms with E-state index >= 15 is 0 Å². The van der Waals surface area contributed by atoms with Gasteiger partial charge in [0.15, 0.2) is 4.84 Å². The van der Waals surface area contributed by atoms with Crippen LogP contribution in [0, 0.1) is 4.84 Å². The molecule has 0 N–H and O–H groups in total. The van der Waals surface area contributed by atoms with Gasteiger partial charge in [0.05, 0.1) is 0 Å². The highest BCUT2D eigenvalue weighted by atomic mass is 35.5. The summed E-state index contributed by atoms with van der Waals surface area (Å²) in [6, 6.07) is 0. The number of hydrogen-bond donors (Lipinski definition) is 0. The molecule has 73 valence electrons. The van der Waals surface area contributed by atoms with E-state index in [1.54, 1.807) is 0 Å². The monoisotopic (exact) mass is 209 g/mol. The van der Waals surface area contributed by atoms with Gasteiger partial charge < -0.3 is 0 Å². The zero-order valence-corrected chi connectivity index (χ0v) is 9.42. The van der Waals surface area contributed by atoms with Crippen LogP contribution in [0.1, 0.15) is 58.3 Å². The van der Waals surface area contributed by atoms with Gasteiger partial charge in [-0.25, -0.2) is 0 Å². The summed E-state index contributed by atoms with van der Waals surface area (Å²) in [5, 5.41) is 0. The summed E-state index contributed by atoms with van der Waals surface area (Å²) in [6.45, 7) is 2.24. The van der Waals surface area contributed by atoms with Crippen molar-refractivity contribution in [1.29, 1.82) is 0 Å². The Hall–Kier alpha value is 0.580. The normalized spacial score (nSPS) is 11.0. The van der Waals surface area contributed by atoms with E-state index in [1.807, 2.05) is 0 Å². The minimum atomic E-state index is 0.531. The molecule has 0 saturated heterocycles. The van der Waals surface area contributed by atoms with Gasteiger partial charge >= 0.3 is 0 Å². The zero-order chi connectivity index (χ0) is 9.23. The molecule has 0 aliphatic heterocycles. The van der Waals surface area contributed by atoms with Gasteiger partial charge in [-0.15, -0.1) is 0 Å². The van der Waals surface area contributed by atoms with Gasteiger partial charge in [-0.3, -0.25) is 0 Å². The minimum Gasteiger partial charge on any atom is -0.0983 e. The summed E-state index contributed by atoms with van der Waals surface area (Å²) in [4.78, 5) is 0.531. The highest BCUT2D eigenvalue weighted by Gasteiger charge is 1.98. The van der Waals surface area contributed by atoms with Crippen LogP contribution >= 0.6 is 23.2 Å².